The predicted octanol–water partition coefficient (Wildman–Crippen LogP) is 8.01. The van der Waals surface area contributed by atoms with E-state index in [4.69, 9.17) is 9.47 Å². The van der Waals surface area contributed by atoms with Crippen molar-refractivity contribution in [1.82, 2.24) is 0 Å². The minimum atomic E-state index is 0.241. The fourth-order valence-corrected chi connectivity index (χ4v) is 7.50. The van der Waals surface area contributed by atoms with Crippen LogP contribution in [0.5, 0.6) is 11.5 Å². The number of carbonyl (C=O) groups is 1. The van der Waals surface area contributed by atoms with Gasteiger partial charge in [0, 0.05) is 18.3 Å². The monoisotopic (exact) mass is 474 g/mol. The van der Waals surface area contributed by atoms with Gasteiger partial charge in [-0.1, -0.05) is 52.2 Å². The van der Waals surface area contributed by atoms with E-state index in [1.807, 2.05) is 40.7 Å². The van der Waals surface area contributed by atoms with Gasteiger partial charge in [-0.2, -0.15) is 0 Å². The predicted molar refractivity (Wildman–Crippen MR) is 142 cm³/mol. The fraction of sp³-hybridized carbons (Fsp3) is 0.594. The molecule has 2 fully saturated rings. The van der Waals surface area contributed by atoms with Crippen LogP contribution in [0, 0.1) is 35.0 Å². The van der Waals surface area contributed by atoms with E-state index in [9.17, 15) is 4.79 Å². The molecule has 1 aliphatic heterocycles. The summed E-state index contributed by atoms with van der Waals surface area (Å²) in [5, 5.41) is 0. The number of ketones is 1. The van der Waals surface area contributed by atoms with Crippen molar-refractivity contribution in [3.8, 4) is 23.3 Å². The Morgan fingerprint density at radius 3 is 2.51 bits per heavy atom. The molecule has 1 aromatic carbocycles. The molecule has 35 heavy (non-hydrogen) atoms. The third-order valence-corrected chi connectivity index (χ3v) is 8.85. The number of fused-ring (bicyclic) bond motifs is 5. The Morgan fingerprint density at radius 2 is 1.74 bits per heavy atom. The van der Waals surface area contributed by atoms with Gasteiger partial charge >= 0.3 is 0 Å². The van der Waals surface area contributed by atoms with Crippen LogP contribution in [-0.2, 0) is 4.79 Å². The Bertz CT molecular complexity index is 1080. The Kier molecular flexibility index (Phi) is 7.80. The van der Waals surface area contributed by atoms with E-state index in [2.05, 4.69) is 37.0 Å². The molecule has 1 aromatic rings. The highest BCUT2D eigenvalue weighted by atomic mass is 16.7. The van der Waals surface area contributed by atoms with E-state index in [-0.39, 0.29) is 5.41 Å². The molecular formula is C32H42O3. The minimum Gasteiger partial charge on any atom is -0.454 e. The molecule has 0 saturated heterocycles. The van der Waals surface area contributed by atoms with Gasteiger partial charge in [-0.3, -0.25) is 4.79 Å². The molecule has 0 bridgehead atoms. The number of benzene rings is 1. The molecule has 5 unspecified atom stereocenters. The number of allylic oxidation sites excluding steroid dienone is 4. The van der Waals surface area contributed by atoms with Crippen molar-refractivity contribution >= 4 is 5.78 Å². The zero-order valence-corrected chi connectivity index (χ0v) is 22.5. The number of ether oxygens (including phenoxy) is 2. The summed E-state index contributed by atoms with van der Waals surface area (Å²) in [4.78, 5) is 12.2. The second kappa shape index (κ2) is 10.7. The molecule has 4 aliphatic carbocycles. The Hall–Kier alpha value is -2.47. The summed E-state index contributed by atoms with van der Waals surface area (Å²) in [6, 6.07) is 6.53. The molecule has 1 heterocycles. The number of hydrogen-bond donors (Lipinski definition) is 0. The zero-order chi connectivity index (χ0) is 25.2. The SMILES string of the molecule is CC.CC.CC#CC1CCC2C3CCC4=CC(=O)CCC4=C3C(c3ccc4c(c3)OCO4)CC12C. The van der Waals surface area contributed by atoms with Crippen LogP contribution in [0.25, 0.3) is 0 Å². The quantitative estimate of drug-likeness (QED) is 0.387. The maximum atomic E-state index is 12.2. The fourth-order valence-electron chi connectivity index (χ4n) is 7.50. The number of rotatable bonds is 1. The van der Waals surface area contributed by atoms with E-state index in [1.54, 1.807) is 5.57 Å². The molecule has 188 valence electrons. The second-order valence-electron chi connectivity index (χ2n) is 10.2. The lowest BCUT2D eigenvalue weighted by molar-refractivity contribution is -0.114. The average molecular weight is 475 g/mol. The molecular weight excluding hydrogens is 432 g/mol. The van der Waals surface area contributed by atoms with Crippen molar-refractivity contribution in [3.05, 3.63) is 46.6 Å². The van der Waals surface area contributed by atoms with Gasteiger partial charge in [0.1, 0.15) is 0 Å². The second-order valence-corrected chi connectivity index (χ2v) is 10.2. The van der Waals surface area contributed by atoms with Crippen LogP contribution in [0.15, 0.2) is 41.0 Å². The van der Waals surface area contributed by atoms with Crippen LogP contribution >= 0.6 is 0 Å². The highest BCUT2D eigenvalue weighted by molar-refractivity contribution is 5.93. The van der Waals surface area contributed by atoms with Gasteiger partial charge in [0.25, 0.3) is 0 Å². The lowest BCUT2D eigenvalue weighted by Gasteiger charge is -2.52. The third-order valence-electron chi connectivity index (χ3n) is 8.85. The first-order valence-corrected chi connectivity index (χ1v) is 13.9. The minimum absolute atomic E-state index is 0.241. The van der Waals surface area contributed by atoms with Gasteiger partial charge < -0.3 is 9.47 Å². The molecule has 3 nitrogen and oxygen atoms in total. The summed E-state index contributed by atoms with van der Waals surface area (Å²) in [5.41, 5.74) is 6.04. The van der Waals surface area contributed by atoms with Crippen LogP contribution in [0.3, 0.4) is 0 Å². The summed E-state index contributed by atoms with van der Waals surface area (Å²) in [6.45, 7) is 12.8. The molecule has 0 N–H and O–H groups in total. The van der Waals surface area contributed by atoms with Crippen LogP contribution in [0.1, 0.15) is 98.0 Å². The van der Waals surface area contributed by atoms with Crippen molar-refractivity contribution in [2.45, 2.75) is 92.4 Å². The van der Waals surface area contributed by atoms with Crippen LogP contribution in [0.4, 0.5) is 0 Å². The highest BCUT2D eigenvalue weighted by Crippen LogP contribution is 2.65. The van der Waals surface area contributed by atoms with Gasteiger partial charge in [0.05, 0.1) is 0 Å². The molecule has 2 saturated carbocycles. The van der Waals surface area contributed by atoms with Gasteiger partial charge in [-0.15, -0.1) is 5.92 Å². The molecule has 0 radical (unpaired) electrons. The molecule has 0 amide bonds. The lowest BCUT2D eigenvalue weighted by atomic mass is 9.52. The van der Waals surface area contributed by atoms with E-state index in [0.29, 0.717) is 42.7 Å². The molecule has 6 rings (SSSR count). The standard InChI is InChI=1S/C28H30O3.2C2H6/c1-3-4-19-7-11-24-22-9-5-17-13-20(29)8-10-21(17)27(22)23(15-28(19,24)2)18-6-12-25-26(14-18)31-16-30-25;2*1-2/h6,12-14,19,22-24H,5,7-11,15-16H2,1-2H3;2*1-2H3. The summed E-state index contributed by atoms with van der Waals surface area (Å²) < 4.78 is 11.3. The van der Waals surface area contributed by atoms with E-state index in [1.165, 1.54) is 36.0 Å². The van der Waals surface area contributed by atoms with Gasteiger partial charge in [-0.25, -0.2) is 0 Å². The number of carbonyl (C=O) groups excluding carboxylic acids is 1. The Balaban J connectivity index is 0.000000689. The first kappa shape index (κ1) is 25.6. The van der Waals surface area contributed by atoms with Crippen molar-refractivity contribution in [2.75, 3.05) is 6.79 Å². The van der Waals surface area contributed by atoms with Crippen molar-refractivity contribution in [3.63, 3.8) is 0 Å². The topological polar surface area (TPSA) is 35.5 Å². The molecule has 5 atom stereocenters. The van der Waals surface area contributed by atoms with Crippen molar-refractivity contribution in [2.24, 2.45) is 23.2 Å². The molecule has 0 aromatic heterocycles. The van der Waals surface area contributed by atoms with Crippen LogP contribution < -0.4 is 9.47 Å². The summed E-state index contributed by atoms with van der Waals surface area (Å²) in [6.07, 6.45) is 9.39. The normalized spacial score (nSPS) is 31.8. The molecule has 0 spiro atoms. The highest BCUT2D eigenvalue weighted by Gasteiger charge is 2.56. The Labute approximate surface area is 212 Å². The van der Waals surface area contributed by atoms with Gasteiger partial charge in [0.2, 0.25) is 6.79 Å². The summed E-state index contributed by atoms with van der Waals surface area (Å²) in [7, 11) is 0. The maximum Gasteiger partial charge on any atom is 0.231 e. The molecule has 5 aliphatic rings. The van der Waals surface area contributed by atoms with Gasteiger partial charge in [0.15, 0.2) is 17.3 Å². The van der Waals surface area contributed by atoms with Gasteiger partial charge in [-0.05, 0) is 97.6 Å². The van der Waals surface area contributed by atoms with Crippen molar-refractivity contribution in [1.29, 1.82) is 0 Å². The van der Waals surface area contributed by atoms with E-state index >= 15 is 0 Å². The smallest absolute Gasteiger partial charge is 0.231 e. The average Bonchev–Trinajstić information content (AvgIpc) is 3.49. The largest absolute Gasteiger partial charge is 0.454 e. The first-order chi connectivity index (χ1) is 17.1. The summed E-state index contributed by atoms with van der Waals surface area (Å²) >= 11 is 0. The summed E-state index contributed by atoms with van der Waals surface area (Å²) in [5.74, 6) is 11.0. The number of hydrogen-bond acceptors (Lipinski definition) is 3. The maximum absolute atomic E-state index is 12.2. The van der Waals surface area contributed by atoms with Crippen LogP contribution in [0.2, 0.25) is 0 Å². The Morgan fingerprint density at radius 1 is 0.971 bits per heavy atom. The van der Waals surface area contributed by atoms with Crippen LogP contribution in [-0.4, -0.2) is 12.6 Å². The van der Waals surface area contributed by atoms with Crippen molar-refractivity contribution < 1.29 is 14.3 Å². The van der Waals surface area contributed by atoms with E-state index < -0.39 is 0 Å². The third kappa shape index (κ3) is 4.35. The molecule has 3 heteroatoms. The van der Waals surface area contributed by atoms with E-state index in [0.717, 1.165) is 30.8 Å². The zero-order valence-electron chi connectivity index (χ0n) is 22.5. The first-order valence-electron chi connectivity index (χ1n) is 13.9. The lowest BCUT2D eigenvalue weighted by Crippen LogP contribution is -2.43.